The minimum atomic E-state index is -1.55. The molecule has 1 aliphatic rings. The van der Waals surface area contributed by atoms with E-state index in [1.165, 1.54) is 18.7 Å². The number of nitrogens with zero attached hydrogens (tertiary/aromatic N) is 2. The van der Waals surface area contributed by atoms with E-state index in [0.29, 0.717) is 12.0 Å². The number of carbonyl (C=O) groups is 11. The normalized spacial score (nSPS) is 15.9. The summed E-state index contributed by atoms with van der Waals surface area (Å²) >= 11 is 0. The Morgan fingerprint density at radius 2 is 1.19 bits per heavy atom. The summed E-state index contributed by atoms with van der Waals surface area (Å²) in [5.41, 5.74) is 19.6. The Bertz CT molecular complexity index is 2790. The number of aliphatic imine (C=N–C) groups is 1. The number of guanidine groups is 1. The van der Waals surface area contributed by atoms with E-state index in [0.717, 1.165) is 16.5 Å². The number of nitrogens with two attached hydrogens (primary N) is 3. The van der Waals surface area contributed by atoms with Crippen LogP contribution in [0.5, 0.6) is 0 Å². The first-order valence-corrected chi connectivity index (χ1v) is 27.8. The number of H-pyrrole nitrogens is 1. The van der Waals surface area contributed by atoms with Gasteiger partial charge in [-0.2, -0.15) is 0 Å². The second-order valence-electron chi connectivity index (χ2n) is 21.6. The van der Waals surface area contributed by atoms with Gasteiger partial charge in [-0.1, -0.05) is 76.2 Å². The molecular formula is C56H82N14O13. The van der Waals surface area contributed by atoms with Gasteiger partial charge >= 0.3 is 11.9 Å². The van der Waals surface area contributed by atoms with Crippen LogP contribution in [-0.2, 0) is 65.6 Å². The van der Waals surface area contributed by atoms with E-state index < -0.39 is 139 Å². The number of benzene rings is 2. The molecular weight excluding hydrogens is 1080 g/mol. The van der Waals surface area contributed by atoms with Crippen molar-refractivity contribution in [2.75, 3.05) is 19.6 Å². The van der Waals surface area contributed by atoms with Crippen molar-refractivity contribution in [3.8, 4) is 0 Å². The lowest BCUT2D eigenvalue weighted by atomic mass is 10.00. The number of para-hydroxylation sites is 1. The van der Waals surface area contributed by atoms with E-state index in [9.17, 15) is 57.8 Å². The standard InChI is InChI=1S/C56H82N14O13/c1-30(2)24-41(52(79)64-32(5)47(74)66-40(55(82)83)20-21-46(72)73)67-48(75)33(6)63-51(78)39(18-12-22-60-56(58)59)65-54(81)44-19-13-23-70(44)45(71)29-62-50(77)43(27-35-28-61-38-17-11-10-16-36(35)38)69-53(80)42(25-31(3)4)68-49(76)37(57)26-34-14-8-7-9-15-34/h7-11,14-17,28,30-33,37,39-44,61H,12-13,18-27,29,57H2,1-6H3,(H,62,77)(H,63,78)(H,64,79)(H,65,81)(H,66,74)(H,67,75)(H,68,76)(H,69,80)(H,72,73)(H,82,83)(H4,58,59,60)/t32-,33-,37-,39-,40-,41-,42-,43-,44-/m0/s1. The number of carboxylic acid groups (broad SMARTS) is 2. The number of aliphatic carboxylic acids is 2. The average molecular weight is 1160 g/mol. The lowest BCUT2D eigenvalue weighted by Crippen LogP contribution is -2.59. The third kappa shape index (κ3) is 22.0. The zero-order chi connectivity index (χ0) is 61.5. The smallest absolute Gasteiger partial charge is 0.326 e. The highest BCUT2D eigenvalue weighted by molar-refractivity contribution is 5.98. The van der Waals surface area contributed by atoms with Gasteiger partial charge in [-0.05, 0) is 94.2 Å². The van der Waals surface area contributed by atoms with Crippen LogP contribution >= 0.6 is 0 Å². The maximum absolute atomic E-state index is 14.2. The predicted molar refractivity (Wildman–Crippen MR) is 306 cm³/mol. The number of hydrogen-bond donors (Lipinski definition) is 14. The van der Waals surface area contributed by atoms with Crippen molar-refractivity contribution >= 4 is 82.0 Å². The zero-order valence-electron chi connectivity index (χ0n) is 47.8. The maximum atomic E-state index is 14.2. The van der Waals surface area contributed by atoms with Crippen LogP contribution in [0, 0.1) is 11.8 Å². The molecule has 0 radical (unpaired) electrons. The van der Waals surface area contributed by atoms with Gasteiger partial charge < -0.3 is 79.8 Å². The largest absolute Gasteiger partial charge is 0.481 e. The molecule has 3 aromatic rings. The highest BCUT2D eigenvalue weighted by atomic mass is 16.4. The van der Waals surface area contributed by atoms with E-state index >= 15 is 0 Å². The van der Waals surface area contributed by atoms with Gasteiger partial charge in [0.2, 0.25) is 53.2 Å². The van der Waals surface area contributed by atoms with Crippen molar-refractivity contribution < 1.29 is 63.0 Å². The molecule has 2 aromatic carbocycles. The molecule has 0 aliphatic carbocycles. The molecule has 2 heterocycles. The summed E-state index contributed by atoms with van der Waals surface area (Å²) in [5, 5.41) is 39.9. The first-order valence-electron chi connectivity index (χ1n) is 27.8. The molecule has 0 bridgehead atoms. The fourth-order valence-electron chi connectivity index (χ4n) is 9.29. The number of nitrogens with one attached hydrogen (secondary N) is 9. The highest BCUT2D eigenvalue weighted by Crippen LogP contribution is 2.21. The molecule has 1 aliphatic heterocycles. The third-order valence-corrected chi connectivity index (χ3v) is 13.7. The summed E-state index contributed by atoms with van der Waals surface area (Å²) in [6, 6.07) is 5.43. The highest BCUT2D eigenvalue weighted by Gasteiger charge is 2.38. The number of fused-ring (bicyclic) bond motifs is 1. The lowest BCUT2D eigenvalue weighted by molar-refractivity contribution is -0.143. The molecule has 83 heavy (non-hydrogen) atoms. The van der Waals surface area contributed by atoms with Gasteiger partial charge in [0.1, 0.15) is 48.3 Å². The van der Waals surface area contributed by atoms with Crippen LogP contribution in [-0.4, -0.2) is 165 Å². The monoisotopic (exact) mass is 1160 g/mol. The van der Waals surface area contributed by atoms with Gasteiger partial charge in [0.25, 0.3) is 0 Å². The van der Waals surface area contributed by atoms with E-state index in [2.05, 4.69) is 52.5 Å². The molecule has 0 saturated carbocycles. The summed E-state index contributed by atoms with van der Waals surface area (Å²) in [6.45, 7) is 9.50. The van der Waals surface area contributed by atoms with Crippen LogP contribution < -0.4 is 59.7 Å². The minimum absolute atomic E-state index is 0.0155. The number of hydrogen-bond acceptors (Lipinski definition) is 13. The maximum Gasteiger partial charge on any atom is 0.326 e. The Balaban J connectivity index is 1.45. The number of amides is 9. The Hall–Kier alpha value is -8.62. The Kier molecular flexibility index (Phi) is 26.4. The number of aromatic nitrogens is 1. The zero-order valence-corrected chi connectivity index (χ0v) is 47.8. The van der Waals surface area contributed by atoms with Crippen molar-refractivity contribution in [1.29, 1.82) is 0 Å². The second kappa shape index (κ2) is 32.7. The molecule has 4 rings (SSSR count). The quantitative estimate of drug-likeness (QED) is 0.0196. The number of aromatic amines is 1. The van der Waals surface area contributed by atoms with Crippen LogP contribution in [0.1, 0.15) is 104 Å². The van der Waals surface area contributed by atoms with Crippen molar-refractivity contribution in [1.82, 2.24) is 52.4 Å². The Labute approximate surface area is 481 Å². The fraction of sp³-hybridized carbons (Fsp3) is 0.536. The summed E-state index contributed by atoms with van der Waals surface area (Å²) in [5.74, 6) is -9.84. The summed E-state index contributed by atoms with van der Waals surface area (Å²) in [7, 11) is 0. The SMILES string of the molecule is CC(C)C[C@H](NC(=O)[C@H](C)NC(=O)[C@H](CCCN=C(N)N)NC(=O)[C@@H]1CCCN1C(=O)CNC(=O)[C@H](Cc1c[nH]c2ccccc12)NC(=O)[C@H](CC(C)C)NC(=O)[C@@H](N)Cc1ccccc1)C(=O)N[C@@H](C)C(=O)N[C@@H](CCC(=O)O)C(=O)O. The van der Waals surface area contributed by atoms with Crippen molar-refractivity contribution in [3.63, 3.8) is 0 Å². The molecule has 454 valence electrons. The molecule has 1 saturated heterocycles. The summed E-state index contributed by atoms with van der Waals surface area (Å²) in [6.07, 6.45) is 1.97. The Morgan fingerprint density at radius 3 is 1.78 bits per heavy atom. The van der Waals surface area contributed by atoms with Gasteiger partial charge in [-0.25, -0.2) is 4.79 Å². The van der Waals surface area contributed by atoms with Crippen LogP contribution in [0.25, 0.3) is 10.9 Å². The van der Waals surface area contributed by atoms with Crippen LogP contribution in [0.4, 0.5) is 0 Å². The minimum Gasteiger partial charge on any atom is -0.481 e. The number of rotatable bonds is 33. The molecule has 0 spiro atoms. The average Bonchev–Trinajstić information content (AvgIpc) is 4.20. The van der Waals surface area contributed by atoms with Gasteiger partial charge in [-0.15, -0.1) is 0 Å². The van der Waals surface area contributed by atoms with Gasteiger partial charge in [-0.3, -0.25) is 52.9 Å². The molecule has 17 N–H and O–H groups in total. The second-order valence-corrected chi connectivity index (χ2v) is 21.6. The van der Waals surface area contributed by atoms with E-state index in [-0.39, 0.29) is 75.8 Å². The molecule has 0 unspecified atom stereocenters. The topological polar surface area (TPSA) is 434 Å². The third-order valence-electron chi connectivity index (χ3n) is 13.7. The predicted octanol–water partition coefficient (Wildman–Crippen LogP) is -1.08. The van der Waals surface area contributed by atoms with Crippen LogP contribution in [0.2, 0.25) is 0 Å². The van der Waals surface area contributed by atoms with Crippen LogP contribution in [0.3, 0.4) is 0 Å². The van der Waals surface area contributed by atoms with E-state index in [1.54, 1.807) is 20.0 Å². The molecule has 9 atom stereocenters. The summed E-state index contributed by atoms with van der Waals surface area (Å²) in [4.78, 5) is 155. The van der Waals surface area contributed by atoms with Crippen molar-refractivity contribution in [3.05, 3.63) is 71.9 Å². The van der Waals surface area contributed by atoms with Gasteiger partial charge in [0.15, 0.2) is 5.96 Å². The molecule has 1 aromatic heterocycles. The van der Waals surface area contributed by atoms with Crippen LogP contribution in [0.15, 0.2) is 65.8 Å². The lowest BCUT2D eigenvalue weighted by Gasteiger charge is -2.28. The molecule has 9 amide bonds. The number of likely N-dealkylation sites (tertiary alicyclic amines) is 1. The Morgan fingerprint density at radius 1 is 0.639 bits per heavy atom. The van der Waals surface area contributed by atoms with Crippen molar-refractivity contribution in [2.45, 2.75) is 160 Å². The first kappa shape index (κ1) is 66.9. The number of carboxylic acids is 2. The molecule has 27 heteroatoms. The summed E-state index contributed by atoms with van der Waals surface area (Å²) < 4.78 is 0. The van der Waals surface area contributed by atoms with Gasteiger partial charge in [0.05, 0.1) is 12.6 Å². The van der Waals surface area contributed by atoms with Crippen molar-refractivity contribution in [2.24, 2.45) is 34.0 Å². The molecule has 1 fully saturated rings. The number of carbonyl (C=O) groups excluding carboxylic acids is 9. The van der Waals surface area contributed by atoms with Gasteiger partial charge in [0, 0.05) is 43.0 Å². The molecule has 27 nitrogen and oxygen atoms in total. The van der Waals surface area contributed by atoms with E-state index in [4.69, 9.17) is 22.3 Å². The first-order chi connectivity index (χ1) is 39.2. The fourth-order valence-corrected chi connectivity index (χ4v) is 9.29. The van der Waals surface area contributed by atoms with E-state index in [1.807, 2.05) is 68.4 Å².